The van der Waals surface area contributed by atoms with Crippen LogP contribution in [0.3, 0.4) is 0 Å². The predicted octanol–water partition coefficient (Wildman–Crippen LogP) is 1.17. The molecular formula is C12H11N5O2. The maximum atomic E-state index is 11.1. The lowest BCUT2D eigenvalue weighted by atomic mass is 10.1. The molecule has 0 spiro atoms. The van der Waals surface area contributed by atoms with Gasteiger partial charge in [0, 0.05) is 11.3 Å². The molecule has 1 aromatic carbocycles. The number of hydrazine groups is 1. The zero-order valence-electron chi connectivity index (χ0n) is 10.1. The molecule has 0 radical (unpaired) electrons. The van der Waals surface area contributed by atoms with Crippen molar-refractivity contribution in [2.75, 3.05) is 5.43 Å². The molecule has 0 aliphatic carbocycles. The highest BCUT2D eigenvalue weighted by Gasteiger charge is 2.07. The maximum absolute atomic E-state index is 11.1. The van der Waals surface area contributed by atoms with E-state index in [0.29, 0.717) is 22.7 Å². The summed E-state index contributed by atoms with van der Waals surface area (Å²) in [5.41, 5.74) is 5.90. The minimum absolute atomic E-state index is 0.343. The zero-order valence-corrected chi connectivity index (χ0v) is 10.1. The number of anilines is 1. The summed E-state index contributed by atoms with van der Waals surface area (Å²) in [5.74, 6) is 5.19. The van der Waals surface area contributed by atoms with Gasteiger partial charge < -0.3 is 4.42 Å². The second-order valence-electron chi connectivity index (χ2n) is 4.09. The molecule has 0 amide bonds. The Bertz CT molecular complexity index is 805. The van der Waals surface area contributed by atoms with Crippen molar-refractivity contribution in [1.82, 2.24) is 15.0 Å². The minimum Gasteiger partial charge on any atom is -0.408 e. The van der Waals surface area contributed by atoms with Crippen molar-refractivity contribution in [2.24, 2.45) is 5.84 Å². The SMILES string of the molecule is Cc1cc(-c2ccc3oc(=O)[nH]c3c2)nc(NN)n1. The lowest BCUT2D eigenvalue weighted by Crippen LogP contribution is -2.11. The fourth-order valence-corrected chi connectivity index (χ4v) is 1.89. The molecule has 0 fully saturated rings. The van der Waals surface area contributed by atoms with Crippen LogP contribution < -0.4 is 17.0 Å². The molecule has 0 atom stereocenters. The van der Waals surface area contributed by atoms with Crippen LogP contribution in [0.1, 0.15) is 5.69 Å². The summed E-state index contributed by atoms with van der Waals surface area (Å²) >= 11 is 0. The van der Waals surface area contributed by atoms with Gasteiger partial charge in [0.1, 0.15) is 0 Å². The number of nitrogen functional groups attached to an aromatic ring is 1. The number of benzene rings is 1. The van der Waals surface area contributed by atoms with Crippen LogP contribution in [0, 0.1) is 6.92 Å². The Morgan fingerprint density at radius 1 is 1.32 bits per heavy atom. The Hall–Kier alpha value is -2.67. The van der Waals surface area contributed by atoms with Gasteiger partial charge in [-0.25, -0.2) is 20.6 Å². The van der Waals surface area contributed by atoms with Crippen molar-refractivity contribution in [3.63, 3.8) is 0 Å². The molecule has 19 heavy (non-hydrogen) atoms. The Morgan fingerprint density at radius 2 is 2.16 bits per heavy atom. The van der Waals surface area contributed by atoms with Gasteiger partial charge in [-0.2, -0.15) is 0 Å². The van der Waals surface area contributed by atoms with Crippen LogP contribution in [-0.2, 0) is 0 Å². The van der Waals surface area contributed by atoms with Crippen LogP contribution in [0.2, 0.25) is 0 Å². The molecule has 2 aromatic heterocycles. The van der Waals surface area contributed by atoms with E-state index in [2.05, 4.69) is 20.4 Å². The molecule has 0 aliphatic rings. The quantitative estimate of drug-likeness (QED) is 0.469. The highest BCUT2D eigenvalue weighted by Crippen LogP contribution is 2.22. The van der Waals surface area contributed by atoms with Crippen molar-refractivity contribution in [3.8, 4) is 11.3 Å². The number of nitrogens with one attached hydrogen (secondary N) is 2. The van der Waals surface area contributed by atoms with E-state index in [-0.39, 0.29) is 0 Å². The zero-order chi connectivity index (χ0) is 13.4. The highest BCUT2D eigenvalue weighted by molar-refractivity contribution is 5.79. The van der Waals surface area contributed by atoms with E-state index in [1.54, 1.807) is 12.1 Å². The summed E-state index contributed by atoms with van der Waals surface area (Å²) < 4.78 is 4.95. The van der Waals surface area contributed by atoms with Gasteiger partial charge in [-0.05, 0) is 31.2 Å². The number of nitrogens with two attached hydrogens (primary N) is 1. The molecule has 0 saturated carbocycles. The van der Waals surface area contributed by atoms with Gasteiger partial charge in [0.2, 0.25) is 5.95 Å². The molecule has 96 valence electrons. The maximum Gasteiger partial charge on any atom is 0.417 e. The van der Waals surface area contributed by atoms with Crippen molar-refractivity contribution in [2.45, 2.75) is 6.92 Å². The molecule has 2 heterocycles. The first-order valence-electron chi connectivity index (χ1n) is 5.61. The number of aromatic amines is 1. The van der Waals surface area contributed by atoms with Crippen LogP contribution in [0.25, 0.3) is 22.4 Å². The van der Waals surface area contributed by atoms with Gasteiger partial charge in [0.25, 0.3) is 0 Å². The third kappa shape index (κ3) is 2.06. The average Bonchev–Trinajstić information content (AvgIpc) is 2.76. The number of H-pyrrole nitrogens is 1. The number of aromatic nitrogens is 3. The van der Waals surface area contributed by atoms with Gasteiger partial charge >= 0.3 is 5.76 Å². The first-order chi connectivity index (χ1) is 9.15. The summed E-state index contributed by atoms with van der Waals surface area (Å²) in [4.78, 5) is 22.1. The summed E-state index contributed by atoms with van der Waals surface area (Å²) in [6.07, 6.45) is 0. The predicted molar refractivity (Wildman–Crippen MR) is 70.4 cm³/mol. The van der Waals surface area contributed by atoms with E-state index in [1.807, 2.05) is 19.1 Å². The van der Waals surface area contributed by atoms with E-state index < -0.39 is 5.76 Å². The average molecular weight is 257 g/mol. The van der Waals surface area contributed by atoms with E-state index in [9.17, 15) is 4.79 Å². The molecule has 0 bridgehead atoms. The third-order valence-corrected chi connectivity index (χ3v) is 2.70. The van der Waals surface area contributed by atoms with Crippen molar-refractivity contribution in [1.29, 1.82) is 0 Å². The van der Waals surface area contributed by atoms with Crippen molar-refractivity contribution < 1.29 is 4.42 Å². The standard InChI is InChI=1S/C12H11N5O2/c1-6-4-8(15-11(14-6)17-13)7-2-3-10-9(5-7)16-12(18)19-10/h2-5H,13H2,1H3,(H,16,18)(H,14,15,17). The van der Waals surface area contributed by atoms with E-state index in [4.69, 9.17) is 10.3 Å². The van der Waals surface area contributed by atoms with Crippen LogP contribution >= 0.6 is 0 Å². The Balaban J connectivity index is 2.17. The number of nitrogens with zero attached hydrogens (tertiary/aromatic N) is 2. The topological polar surface area (TPSA) is 110 Å². The Labute approximate surface area is 107 Å². The van der Waals surface area contributed by atoms with Crippen LogP contribution in [0.5, 0.6) is 0 Å². The number of aryl methyl sites for hydroxylation is 1. The number of oxazole rings is 1. The number of rotatable bonds is 2. The molecule has 0 aliphatic heterocycles. The summed E-state index contributed by atoms with van der Waals surface area (Å²) in [7, 11) is 0. The monoisotopic (exact) mass is 257 g/mol. The van der Waals surface area contributed by atoms with Gasteiger partial charge in [-0.1, -0.05) is 0 Å². The number of hydrogen-bond acceptors (Lipinski definition) is 6. The number of hydrogen-bond donors (Lipinski definition) is 3. The Kier molecular flexibility index (Phi) is 2.53. The van der Waals surface area contributed by atoms with Crippen molar-refractivity contribution in [3.05, 3.63) is 40.5 Å². The highest BCUT2D eigenvalue weighted by atomic mass is 16.4. The van der Waals surface area contributed by atoms with E-state index in [0.717, 1.165) is 11.3 Å². The molecule has 0 unspecified atom stereocenters. The van der Waals surface area contributed by atoms with E-state index >= 15 is 0 Å². The molecule has 0 saturated heterocycles. The first-order valence-corrected chi connectivity index (χ1v) is 5.61. The van der Waals surface area contributed by atoms with Crippen LogP contribution in [0.15, 0.2) is 33.5 Å². The second kappa shape index (κ2) is 4.21. The van der Waals surface area contributed by atoms with Crippen molar-refractivity contribution >= 4 is 17.0 Å². The largest absolute Gasteiger partial charge is 0.417 e. The molecule has 7 heteroatoms. The van der Waals surface area contributed by atoms with Gasteiger partial charge in [-0.15, -0.1) is 0 Å². The Morgan fingerprint density at radius 3 is 2.95 bits per heavy atom. The molecular weight excluding hydrogens is 246 g/mol. The lowest BCUT2D eigenvalue weighted by molar-refractivity contribution is 0.555. The van der Waals surface area contributed by atoms with Crippen LogP contribution in [-0.4, -0.2) is 15.0 Å². The molecule has 3 rings (SSSR count). The molecule has 3 aromatic rings. The summed E-state index contributed by atoms with van der Waals surface area (Å²) in [6.45, 7) is 1.85. The first kappa shape index (κ1) is 11.4. The molecule has 4 N–H and O–H groups in total. The van der Waals surface area contributed by atoms with Gasteiger partial charge in [0.05, 0.1) is 11.2 Å². The summed E-state index contributed by atoms with van der Waals surface area (Å²) in [6, 6.07) is 7.17. The van der Waals surface area contributed by atoms with Gasteiger partial charge in [0.15, 0.2) is 5.58 Å². The minimum atomic E-state index is -0.477. The fraction of sp³-hybridized carbons (Fsp3) is 0.0833. The van der Waals surface area contributed by atoms with E-state index in [1.165, 1.54) is 0 Å². The smallest absolute Gasteiger partial charge is 0.408 e. The van der Waals surface area contributed by atoms with Crippen LogP contribution in [0.4, 0.5) is 5.95 Å². The fourth-order valence-electron chi connectivity index (χ4n) is 1.89. The normalized spacial score (nSPS) is 10.8. The third-order valence-electron chi connectivity index (χ3n) is 2.70. The number of fused-ring (bicyclic) bond motifs is 1. The lowest BCUT2D eigenvalue weighted by Gasteiger charge is -2.05. The molecule has 7 nitrogen and oxygen atoms in total. The summed E-state index contributed by atoms with van der Waals surface area (Å²) in [5, 5.41) is 0. The van der Waals surface area contributed by atoms with Gasteiger partial charge in [-0.3, -0.25) is 10.4 Å². The second-order valence-corrected chi connectivity index (χ2v) is 4.09.